The van der Waals surface area contributed by atoms with Gasteiger partial charge in [0.1, 0.15) is 5.54 Å². The molecule has 0 aromatic carbocycles. The van der Waals surface area contributed by atoms with Crippen molar-refractivity contribution in [1.29, 1.82) is 0 Å². The summed E-state index contributed by atoms with van der Waals surface area (Å²) in [7, 11) is 1.24. The molecule has 76 valence electrons. The second-order valence-corrected chi connectivity index (χ2v) is 3.03. The Hall–Kier alpha value is -0.810. The van der Waals surface area contributed by atoms with Gasteiger partial charge < -0.3 is 15.6 Å². The highest BCUT2D eigenvalue weighted by molar-refractivity contribution is 5.86. The number of ether oxygens (including phenoxy) is 1. The van der Waals surface area contributed by atoms with Gasteiger partial charge in [0.05, 0.1) is 13.5 Å². The van der Waals surface area contributed by atoms with Gasteiger partial charge in [0.2, 0.25) is 0 Å². The molecule has 5 nitrogen and oxygen atoms in total. The molecule has 0 aromatic rings. The van der Waals surface area contributed by atoms with Gasteiger partial charge in [0, 0.05) is 5.92 Å². The normalized spacial score (nSPS) is 30.2. The van der Waals surface area contributed by atoms with E-state index in [1.807, 2.05) is 0 Å². The first-order valence-corrected chi connectivity index (χ1v) is 3.60. The molecular formula is C7H12ClNO4. The van der Waals surface area contributed by atoms with E-state index in [4.69, 9.17) is 10.8 Å². The number of hydrogen-bond donors (Lipinski definition) is 2. The van der Waals surface area contributed by atoms with Crippen molar-refractivity contribution >= 4 is 24.3 Å². The Labute approximate surface area is 81.6 Å². The molecule has 0 aromatic heterocycles. The van der Waals surface area contributed by atoms with Gasteiger partial charge in [-0.2, -0.15) is 0 Å². The van der Waals surface area contributed by atoms with Crippen molar-refractivity contribution in [2.24, 2.45) is 11.7 Å². The van der Waals surface area contributed by atoms with E-state index in [9.17, 15) is 9.59 Å². The number of carboxylic acids is 1. The molecule has 1 rings (SSSR count). The van der Waals surface area contributed by atoms with Gasteiger partial charge in [-0.3, -0.25) is 9.59 Å². The molecule has 6 heteroatoms. The van der Waals surface area contributed by atoms with Gasteiger partial charge >= 0.3 is 11.9 Å². The van der Waals surface area contributed by atoms with Crippen molar-refractivity contribution in [3.8, 4) is 0 Å². The summed E-state index contributed by atoms with van der Waals surface area (Å²) in [6, 6.07) is 0. The van der Waals surface area contributed by atoms with Crippen LogP contribution in [-0.4, -0.2) is 29.7 Å². The Bertz CT molecular complexity index is 233. The van der Waals surface area contributed by atoms with Crippen molar-refractivity contribution < 1.29 is 19.4 Å². The maximum absolute atomic E-state index is 10.9. The van der Waals surface area contributed by atoms with E-state index < -0.39 is 17.5 Å². The van der Waals surface area contributed by atoms with E-state index in [2.05, 4.69) is 4.74 Å². The SMILES string of the molecule is COC(=O)C1(N)CC1CC(=O)O.Cl. The van der Waals surface area contributed by atoms with Crippen LogP contribution in [-0.2, 0) is 14.3 Å². The van der Waals surface area contributed by atoms with Crippen molar-refractivity contribution in [3.05, 3.63) is 0 Å². The number of aliphatic carboxylic acids is 1. The zero-order chi connectivity index (χ0) is 9.35. The Morgan fingerprint density at radius 3 is 2.62 bits per heavy atom. The number of methoxy groups -OCH3 is 1. The monoisotopic (exact) mass is 209 g/mol. The number of halogens is 1. The van der Waals surface area contributed by atoms with E-state index in [0.29, 0.717) is 6.42 Å². The number of carbonyl (C=O) groups excluding carboxylic acids is 1. The van der Waals surface area contributed by atoms with Gasteiger partial charge in [-0.15, -0.1) is 12.4 Å². The molecule has 0 spiro atoms. The van der Waals surface area contributed by atoms with Crippen LogP contribution in [0.25, 0.3) is 0 Å². The van der Waals surface area contributed by atoms with Crippen LogP contribution in [0, 0.1) is 5.92 Å². The first-order chi connectivity index (χ1) is 5.50. The van der Waals surface area contributed by atoms with Crippen molar-refractivity contribution in [2.45, 2.75) is 18.4 Å². The first-order valence-electron chi connectivity index (χ1n) is 3.60. The molecule has 3 N–H and O–H groups in total. The molecule has 2 atom stereocenters. The quantitative estimate of drug-likeness (QED) is 0.627. The Morgan fingerprint density at radius 1 is 1.69 bits per heavy atom. The predicted octanol–water partition coefficient (Wildman–Crippen LogP) is -0.227. The number of carboxylic acid groups (broad SMARTS) is 1. The van der Waals surface area contributed by atoms with E-state index in [1.54, 1.807) is 0 Å². The molecule has 0 heterocycles. The van der Waals surface area contributed by atoms with Gasteiger partial charge in [0.15, 0.2) is 0 Å². The van der Waals surface area contributed by atoms with Crippen LogP contribution in [0.15, 0.2) is 0 Å². The summed E-state index contributed by atoms with van der Waals surface area (Å²) >= 11 is 0. The van der Waals surface area contributed by atoms with E-state index in [0.717, 1.165) is 0 Å². The van der Waals surface area contributed by atoms with Crippen molar-refractivity contribution in [2.75, 3.05) is 7.11 Å². The van der Waals surface area contributed by atoms with Gasteiger partial charge in [0.25, 0.3) is 0 Å². The van der Waals surface area contributed by atoms with Crippen LogP contribution in [0.3, 0.4) is 0 Å². The topological polar surface area (TPSA) is 89.6 Å². The predicted molar refractivity (Wildman–Crippen MR) is 46.5 cm³/mol. The minimum absolute atomic E-state index is 0. The third-order valence-corrected chi connectivity index (χ3v) is 2.14. The van der Waals surface area contributed by atoms with Crippen molar-refractivity contribution in [1.82, 2.24) is 0 Å². The second-order valence-electron chi connectivity index (χ2n) is 3.03. The zero-order valence-electron chi connectivity index (χ0n) is 7.15. The first kappa shape index (κ1) is 12.2. The third-order valence-electron chi connectivity index (χ3n) is 2.14. The molecule has 1 aliphatic rings. The average Bonchev–Trinajstić information content (AvgIpc) is 2.60. The molecule has 1 aliphatic carbocycles. The van der Waals surface area contributed by atoms with Crippen LogP contribution in [0.1, 0.15) is 12.8 Å². The molecule has 0 amide bonds. The fourth-order valence-electron chi connectivity index (χ4n) is 1.25. The van der Waals surface area contributed by atoms with Crippen LogP contribution in [0.4, 0.5) is 0 Å². The number of hydrogen-bond acceptors (Lipinski definition) is 4. The van der Waals surface area contributed by atoms with Crippen LogP contribution >= 0.6 is 12.4 Å². The minimum Gasteiger partial charge on any atom is -0.481 e. The standard InChI is InChI=1S/C7H11NO4.ClH/c1-12-6(11)7(8)3-4(7)2-5(9)10;/h4H,2-3,8H2,1H3,(H,9,10);1H. The molecule has 2 unspecified atom stereocenters. The van der Waals surface area contributed by atoms with Gasteiger partial charge in [-0.1, -0.05) is 0 Å². The molecule has 1 fully saturated rings. The Balaban J connectivity index is 0.00000144. The van der Waals surface area contributed by atoms with Crippen LogP contribution in [0.2, 0.25) is 0 Å². The lowest BCUT2D eigenvalue weighted by atomic mass is 10.2. The minimum atomic E-state index is -1.03. The van der Waals surface area contributed by atoms with Crippen molar-refractivity contribution in [3.63, 3.8) is 0 Å². The summed E-state index contributed by atoms with van der Waals surface area (Å²) in [5.41, 5.74) is 4.52. The summed E-state index contributed by atoms with van der Waals surface area (Å²) in [6.07, 6.45) is 0.345. The highest BCUT2D eigenvalue weighted by Gasteiger charge is 2.58. The van der Waals surface area contributed by atoms with E-state index >= 15 is 0 Å². The molecule has 0 aliphatic heterocycles. The lowest BCUT2D eigenvalue weighted by Crippen LogP contribution is -2.36. The lowest BCUT2D eigenvalue weighted by molar-refractivity contribution is -0.144. The second kappa shape index (κ2) is 3.93. The Kier molecular flexibility index (Phi) is 3.69. The summed E-state index contributed by atoms with van der Waals surface area (Å²) in [5, 5.41) is 8.40. The number of carbonyl (C=O) groups is 2. The fraction of sp³-hybridized carbons (Fsp3) is 0.714. The van der Waals surface area contributed by atoms with E-state index in [-0.39, 0.29) is 24.7 Å². The molecular weight excluding hydrogens is 198 g/mol. The molecule has 0 radical (unpaired) electrons. The maximum Gasteiger partial charge on any atom is 0.326 e. The lowest BCUT2D eigenvalue weighted by Gasteiger charge is -2.06. The summed E-state index contributed by atoms with van der Waals surface area (Å²) in [4.78, 5) is 21.2. The molecule has 1 saturated carbocycles. The van der Waals surface area contributed by atoms with E-state index in [1.165, 1.54) is 7.11 Å². The maximum atomic E-state index is 10.9. The largest absolute Gasteiger partial charge is 0.481 e. The van der Waals surface area contributed by atoms with Gasteiger partial charge in [-0.25, -0.2) is 0 Å². The highest BCUT2D eigenvalue weighted by atomic mass is 35.5. The fourth-order valence-corrected chi connectivity index (χ4v) is 1.25. The Morgan fingerprint density at radius 2 is 2.23 bits per heavy atom. The van der Waals surface area contributed by atoms with Crippen LogP contribution < -0.4 is 5.73 Å². The summed E-state index contributed by atoms with van der Waals surface area (Å²) < 4.78 is 4.43. The molecule has 13 heavy (non-hydrogen) atoms. The number of esters is 1. The average molecular weight is 210 g/mol. The number of rotatable bonds is 3. The highest BCUT2D eigenvalue weighted by Crippen LogP contribution is 2.44. The van der Waals surface area contributed by atoms with Crippen LogP contribution in [0.5, 0.6) is 0 Å². The zero-order valence-corrected chi connectivity index (χ0v) is 7.97. The molecule has 0 saturated heterocycles. The smallest absolute Gasteiger partial charge is 0.326 e. The molecule has 0 bridgehead atoms. The third kappa shape index (κ3) is 2.32. The van der Waals surface area contributed by atoms with Gasteiger partial charge in [-0.05, 0) is 6.42 Å². The number of nitrogens with two attached hydrogens (primary N) is 1. The summed E-state index contributed by atoms with van der Waals surface area (Å²) in [5.74, 6) is -1.72. The summed E-state index contributed by atoms with van der Waals surface area (Å²) in [6.45, 7) is 0.